The molecule has 0 unspecified atom stereocenters. The molecule has 7 heteroatoms. The second kappa shape index (κ2) is 12.7. The molecule has 0 aliphatic carbocycles. The number of carbonyl (C=O) groups excluding carboxylic acids is 2. The van der Waals surface area contributed by atoms with Gasteiger partial charge >= 0.3 is 0 Å². The van der Waals surface area contributed by atoms with Crippen molar-refractivity contribution in [3.8, 4) is 5.75 Å². The molecule has 1 aliphatic rings. The fraction of sp³-hybridized carbons (Fsp3) is 0.267. The van der Waals surface area contributed by atoms with Crippen LogP contribution >= 0.6 is 15.9 Å². The third-order valence-corrected chi connectivity index (χ3v) is 6.68. The van der Waals surface area contributed by atoms with E-state index in [0.717, 1.165) is 29.5 Å². The number of fused-ring (bicyclic) bond motifs is 1. The molecule has 0 saturated heterocycles. The molecule has 4 rings (SSSR count). The number of nitrogens with one attached hydrogen (secondary N) is 1. The minimum atomic E-state index is -0.345. The second-order valence-electron chi connectivity index (χ2n) is 9.28. The Kier molecular flexibility index (Phi) is 9.14. The average molecular weight is 563 g/mol. The molecule has 2 amide bonds. The van der Waals surface area contributed by atoms with Crippen LogP contribution in [0.5, 0.6) is 5.75 Å². The summed E-state index contributed by atoms with van der Waals surface area (Å²) in [5, 5.41) is 2.99. The van der Waals surface area contributed by atoms with Crippen molar-refractivity contribution in [3.63, 3.8) is 0 Å². The molecule has 3 aromatic carbocycles. The molecule has 0 saturated carbocycles. The van der Waals surface area contributed by atoms with Gasteiger partial charge in [-0.25, -0.2) is 0 Å². The molecule has 0 atom stereocenters. The largest absolute Gasteiger partial charge is 0.449 e. The fourth-order valence-electron chi connectivity index (χ4n) is 4.21. The number of hydrogen-bond acceptors (Lipinski definition) is 4. The van der Waals surface area contributed by atoms with Crippen LogP contribution in [0.2, 0.25) is 0 Å². The molecule has 6 nitrogen and oxygen atoms in total. The Morgan fingerprint density at radius 2 is 1.81 bits per heavy atom. The van der Waals surface area contributed by atoms with Crippen molar-refractivity contribution in [1.29, 1.82) is 0 Å². The summed E-state index contributed by atoms with van der Waals surface area (Å²) in [6.45, 7) is 6.57. The van der Waals surface area contributed by atoms with Gasteiger partial charge in [0.2, 0.25) is 5.91 Å². The second-order valence-corrected chi connectivity index (χ2v) is 10.2. The predicted octanol–water partition coefficient (Wildman–Crippen LogP) is 5.63. The first-order chi connectivity index (χ1) is 17.9. The van der Waals surface area contributed by atoms with Crippen LogP contribution in [0.3, 0.4) is 0 Å². The Labute approximate surface area is 227 Å². The van der Waals surface area contributed by atoms with Crippen LogP contribution in [0, 0.1) is 0 Å². The number of ether oxygens (including phenoxy) is 1. The van der Waals surface area contributed by atoms with Crippen molar-refractivity contribution in [1.82, 2.24) is 10.2 Å². The molecule has 1 heterocycles. The number of halogens is 1. The topological polar surface area (TPSA) is 61.9 Å². The van der Waals surface area contributed by atoms with Crippen LogP contribution in [0.1, 0.15) is 31.4 Å². The molecule has 1 aliphatic heterocycles. The number of para-hydroxylation sites is 2. The third-order valence-electron chi connectivity index (χ3n) is 6.18. The van der Waals surface area contributed by atoms with Crippen LogP contribution in [0.4, 0.5) is 5.69 Å². The number of benzene rings is 3. The Hall–Kier alpha value is -3.42. The molecule has 0 fully saturated rings. The fourth-order valence-corrected chi connectivity index (χ4v) is 4.63. The highest BCUT2D eigenvalue weighted by Crippen LogP contribution is 2.35. The van der Waals surface area contributed by atoms with Gasteiger partial charge in [0.1, 0.15) is 6.54 Å². The van der Waals surface area contributed by atoms with Gasteiger partial charge in [-0.2, -0.15) is 0 Å². The highest BCUT2D eigenvalue weighted by molar-refractivity contribution is 9.10. The number of nitrogens with zero attached hydrogens (tertiary/aromatic N) is 2. The monoisotopic (exact) mass is 561 g/mol. The summed E-state index contributed by atoms with van der Waals surface area (Å²) in [4.78, 5) is 30.0. The first-order valence-electron chi connectivity index (χ1n) is 12.5. The van der Waals surface area contributed by atoms with Gasteiger partial charge in [0.15, 0.2) is 11.5 Å². The number of amides is 2. The molecule has 3 aromatic rings. The molecular weight excluding hydrogens is 530 g/mol. The quantitative estimate of drug-likeness (QED) is 0.257. The zero-order valence-corrected chi connectivity index (χ0v) is 22.8. The highest BCUT2D eigenvalue weighted by Gasteiger charge is 2.31. The van der Waals surface area contributed by atoms with Crippen LogP contribution < -0.4 is 15.0 Å². The van der Waals surface area contributed by atoms with Gasteiger partial charge in [-0.15, -0.1) is 0 Å². The van der Waals surface area contributed by atoms with E-state index in [-0.39, 0.29) is 24.1 Å². The Morgan fingerprint density at radius 1 is 1.05 bits per heavy atom. The Bertz CT molecular complexity index is 1260. The highest BCUT2D eigenvalue weighted by atomic mass is 79.9. The Morgan fingerprint density at radius 3 is 2.57 bits per heavy atom. The van der Waals surface area contributed by atoms with Crippen LogP contribution in [0.25, 0.3) is 6.08 Å². The summed E-state index contributed by atoms with van der Waals surface area (Å²) in [7, 11) is 0. The number of anilines is 1. The van der Waals surface area contributed by atoms with E-state index in [2.05, 4.69) is 64.3 Å². The minimum Gasteiger partial charge on any atom is -0.449 e. The van der Waals surface area contributed by atoms with Gasteiger partial charge in [0, 0.05) is 30.1 Å². The first kappa shape index (κ1) is 26.6. The molecular formula is C30H32BrN3O3. The smallest absolute Gasteiger partial charge is 0.294 e. The van der Waals surface area contributed by atoms with E-state index in [9.17, 15) is 9.59 Å². The van der Waals surface area contributed by atoms with E-state index < -0.39 is 0 Å². The minimum absolute atomic E-state index is 0.0764. The lowest BCUT2D eigenvalue weighted by Gasteiger charge is -2.30. The molecule has 192 valence electrons. The normalized spacial score (nSPS) is 14.1. The first-order valence-corrected chi connectivity index (χ1v) is 13.3. The van der Waals surface area contributed by atoms with Crippen molar-refractivity contribution < 1.29 is 14.3 Å². The van der Waals surface area contributed by atoms with Gasteiger partial charge in [-0.3, -0.25) is 19.4 Å². The number of carbonyl (C=O) groups is 2. The van der Waals surface area contributed by atoms with E-state index in [1.54, 1.807) is 18.2 Å². The predicted molar refractivity (Wildman–Crippen MR) is 151 cm³/mol. The van der Waals surface area contributed by atoms with Crippen molar-refractivity contribution in [2.24, 2.45) is 0 Å². The lowest BCUT2D eigenvalue weighted by atomic mass is 10.1. The SMILES string of the molecule is CC(C)N(CCCNC(=O)CN1C(=O)C(=Cc2cccc(Br)c2)Oc2ccccc21)Cc1ccccc1. The lowest BCUT2D eigenvalue weighted by Crippen LogP contribution is -2.44. The van der Waals surface area contributed by atoms with E-state index >= 15 is 0 Å². The standard InChI is InChI=1S/C30H32BrN3O3/c1-22(2)33(20-23-10-4-3-5-11-23)17-9-16-32-29(35)21-34-26-14-6-7-15-27(26)37-28(30(34)36)19-24-12-8-13-25(31)18-24/h3-8,10-15,18-19,22H,9,16-17,20-21H2,1-2H3,(H,32,35). The van der Waals surface area contributed by atoms with Crippen molar-refractivity contribution in [3.05, 3.63) is 100 Å². The summed E-state index contributed by atoms with van der Waals surface area (Å²) in [6, 6.07) is 25.7. The van der Waals surface area contributed by atoms with Gasteiger partial charge in [-0.1, -0.05) is 70.5 Å². The summed E-state index contributed by atoms with van der Waals surface area (Å²) in [5.74, 6) is 0.177. The van der Waals surface area contributed by atoms with E-state index in [0.29, 0.717) is 24.0 Å². The summed E-state index contributed by atoms with van der Waals surface area (Å²) in [6.07, 6.45) is 2.51. The maximum atomic E-state index is 13.3. The van der Waals surface area contributed by atoms with Gasteiger partial charge < -0.3 is 10.1 Å². The van der Waals surface area contributed by atoms with Crippen LogP contribution in [-0.2, 0) is 16.1 Å². The van der Waals surface area contributed by atoms with Crippen molar-refractivity contribution >= 4 is 39.5 Å². The van der Waals surface area contributed by atoms with E-state index in [1.165, 1.54) is 10.5 Å². The summed E-state index contributed by atoms with van der Waals surface area (Å²) in [5.41, 5.74) is 2.69. The summed E-state index contributed by atoms with van der Waals surface area (Å²) < 4.78 is 6.82. The number of rotatable bonds is 10. The van der Waals surface area contributed by atoms with Crippen molar-refractivity contribution in [2.75, 3.05) is 24.5 Å². The van der Waals surface area contributed by atoms with Crippen molar-refractivity contribution in [2.45, 2.75) is 32.9 Å². The Balaban J connectivity index is 1.37. The molecule has 1 N–H and O–H groups in total. The average Bonchev–Trinajstić information content (AvgIpc) is 2.89. The van der Waals surface area contributed by atoms with Crippen LogP contribution in [-0.4, -0.2) is 42.4 Å². The molecule has 0 radical (unpaired) electrons. The maximum Gasteiger partial charge on any atom is 0.294 e. The molecule has 0 spiro atoms. The maximum absolute atomic E-state index is 13.3. The van der Waals surface area contributed by atoms with Gasteiger partial charge in [-0.05, 0) is 61.7 Å². The molecule has 37 heavy (non-hydrogen) atoms. The van der Waals surface area contributed by atoms with Gasteiger partial charge in [0.05, 0.1) is 5.69 Å². The zero-order valence-electron chi connectivity index (χ0n) is 21.2. The van der Waals surface area contributed by atoms with E-state index in [1.807, 2.05) is 42.5 Å². The third kappa shape index (κ3) is 7.31. The molecule has 0 bridgehead atoms. The number of hydrogen-bond donors (Lipinski definition) is 1. The zero-order chi connectivity index (χ0) is 26.2. The lowest BCUT2D eigenvalue weighted by molar-refractivity contribution is -0.123. The van der Waals surface area contributed by atoms with Gasteiger partial charge in [0.25, 0.3) is 5.91 Å². The van der Waals surface area contributed by atoms with E-state index in [4.69, 9.17) is 4.74 Å². The van der Waals surface area contributed by atoms with Crippen LogP contribution in [0.15, 0.2) is 89.1 Å². The summed E-state index contributed by atoms with van der Waals surface area (Å²) >= 11 is 3.45. The molecule has 0 aromatic heterocycles.